The van der Waals surface area contributed by atoms with E-state index in [1.54, 1.807) is 0 Å². The highest BCUT2D eigenvalue weighted by atomic mass is 19.1. The van der Waals surface area contributed by atoms with Gasteiger partial charge in [0.05, 0.1) is 14.2 Å². The average Bonchev–Trinajstić information content (AvgIpc) is 2.24. The fourth-order valence-electron chi connectivity index (χ4n) is 1.34. The van der Waals surface area contributed by atoms with Crippen molar-refractivity contribution < 1.29 is 19.0 Å². The van der Waals surface area contributed by atoms with E-state index >= 15 is 0 Å². The Morgan fingerprint density at radius 3 is 2.53 bits per heavy atom. The molecular weight excluding hydrogens is 201 g/mol. The Labute approximate surface area is 87.4 Å². The van der Waals surface area contributed by atoms with E-state index in [0.717, 1.165) is 0 Å². The van der Waals surface area contributed by atoms with Gasteiger partial charge in [0.25, 0.3) is 0 Å². The van der Waals surface area contributed by atoms with Crippen molar-refractivity contribution in [1.29, 1.82) is 0 Å². The minimum atomic E-state index is -0.819. The van der Waals surface area contributed by atoms with Crippen LogP contribution in [0, 0.1) is 5.82 Å². The van der Waals surface area contributed by atoms with Gasteiger partial charge in [-0.2, -0.15) is 4.39 Å². The molecule has 3 N–H and O–H groups in total. The second-order valence-corrected chi connectivity index (χ2v) is 2.97. The van der Waals surface area contributed by atoms with Crippen molar-refractivity contribution in [2.24, 2.45) is 5.73 Å². The molecule has 84 valence electrons. The van der Waals surface area contributed by atoms with E-state index < -0.39 is 11.6 Å². The number of methoxy groups -OCH3 is 2. The molecule has 0 saturated carbocycles. The predicted molar refractivity (Wildman–Crippen MR) is 53.9 cm³/mol. The molecule has 1 rings (SSSR count). The van der Waals surface area contributed by atoms with Crippen molar-refractivity contribution in [1.82, 2.24) is 0 Å². The molecule has 0 saturated heterocycles. The Balaban J connectivity index is 3.29. The third-order valence-electron chi connectivity index (χ3n) is 2.08. The minimum Gasteiger partial charge on any atom is -0.505 e. The molecule has 0 aliphatic carbocycles. The zero-order chi connectivity index (χ0) is 11.4. The molecule has 0 atom stereocenters. The number of phenols is 1. The van der Waals surface area contributed by atoms with Crippen molar-refractivity contribution >= 4 is 0 Å². The van der Waals surface area contributed by atoms with Crippen LogP contribution >= 0.6 is 0 Å². The lowest BCUT2D eigenvalue weighted by Gasteiger charge is -2.12. The van der Waals surface area contributed by atoms with E-state index in [1.165, 1.54) is 20.3 Å². The predicted octanol–water partition coefficient (Wildman–Crippen LogP) is 1.05. The molecular formula is C10H14FNO3. The van der Waals surface area contributed by atoms with E-state index in [0.29, 0.717) is 18.5 Å². The maximum absolute atomic E-state index is 13.5. The first-order valence-electron chi connectivity index (χ1n) is 4.48. The summed E-state index contributed by atoms with van der Waals surface area (Å²) in [5.74, 6) is -1.11. The summed E-state index contributed by atoms with van der Waals surface area (Å²) in [6, 6.07) is 1.52. The van der Waals surface area contributed by atoms with Crippen molar-refractivity contribution in [3.05, 3.63) is 17.4 Å². The summed E-state index contributed by atoms with van der Waals surface area (Å²) >= 11 is 0. The Bertz CT molecular complexity index is 355. The number of hydrogen-bond donors (Lipinski definition) is 2. The molecule has 0 aromatic heterocycles. The van der Waals surface area contributed by atoms with Crippen LogP contribution in [0.15, 0.2) is 6.07 Å². The molecule has 0 bridgehead atoms. The lowest BCUT2D eigenvalue weighted by Crippen LogP contribution is -2.05. The molecule has 0 heterocycles. The normalized spacial score (nSPS) is 10.1. The van der Waals surface area contributed by atoms with Crippen LogP contribution in [0.3, 0.4) is 0 Å². The van der Waals surface area contributed by atoms with Gasteiger partial charge < -0.3 is 20.3 Å². The van der Waals surface area contributed by atoms with Crippen LogP contribution < -0.4 is 15.2 Å². The van der Waals surface area contributed by atoms with Crippen LogP contribution in [0.4, 0.5) is 4.39 Å². The van der Waals surface area contributed by atoms with Gasteiger partial charge in [-0.1, -0.05) is 0 Å². The second-order valence-electron chi connectivity index (χ2n) is 2.97. The molecule has 0 radical (unpaired) electrons. The number of phenolic OH excluding ortho intramolecular Hbond substituents is 1. The molecule has 1 aromatic carbocycles. The van der Waals surface area contributed by atoms with Gasteiger partial charge in [0, 0.05) is 5.56 Å². The van der Waals surface area contributed by atoms with Gasteiger partial charge in [0.1, 0.15) is 0 Å². The van der Waals surface area contributed by atoms with Crippen molar-refractivity contribution in [3.8, 4) is 17.2 Å². The van der Waals surface area contributed by atoms with E-state index in [9.17, 15) is 9.50 Å². The van der Waals surface area contributed by atoms with Crippen molar-refractivity contribution in [3.63, 3.8) is 0 Å². The number of rotatable bonds is 4. The number of nitrogens with two attached hydrogens (primary N) is 1. The fourth-order valence-corrected chi connectivity index (χ4v) is 1.34. The average molecular weight is 215 g/mol. The molecule has 0 amide bonds. The van der Waals surface area contributed by atoms with Crippen LogP contribution in [0.25, 0.3) is 0 Å². The molecule has 15 heavy (non-hydrogen) atoms. The van der Waals surface area contributed by atoms with Gasteiger partial charge in [-0.25, -0.2) is 0 Å². The topological polar surface area (TPSA) is 64.7 Å². The van der Waals surface area contributed by atoms with Gasteiger partial charge in [0.2, 0.25) is 11.6 Å². The van der Waals surface area contributed by atoms with Crippen molar-refractivity contribution in [2.45, 2.75) is 6.42 Å². The highest BCUT2D eigenvalue weighted by Crippen LogP contribution is 2.38. The highest BCUT2D eigenvalue weighted by Gasteiger charge is 2.18. The molecule has 1 aromatic rings. The van der Waals surface area contributed by atoms with Crippen molar-refractivity contribution in [2.75, 3.05) is 20.8 Å². The van der Waals surface area contributed by atoms with Gasteiger partial charge in [0.15, 0.2) is 11.5 Å². The minimum absolute atomic E-state index is 0.101. The number of ether oxygens (including phenoxy) is 2. The number of aromatic hydroxyl groups is 1. The molecule has 0 spiro atoms. The Kier molecular flexibility index (Phi) is 3.74. The van der Waals surface area contributed by atoms with Crippen LogP contribution in [0.2, 0.25) is 0 Å². The standard InChI is InChI=1S/C10H14FNO3/c1-14-7-5-6(3-4-12)9(13)8(11)10(7)15-2/h5,13H,3-4,12H2,1-2H3. The molecule has 0 unspecified atom stereocenters. The van der Waals surface area contributed by atoms with Crippen LogP contribution in [-0.2, 0) is 6.42 Å². The van der Waals surface area contributed by atoms with Crippen LogP contribution in [0.5, 0.6) is 17.2 Å². The maximum atomic E-state index is 13.5. The third kappa shape index (κ3) is 2.12. The number of benzene rings is 1. The Morgan fingerprint density at radius 2 is 2.07 bits per heavy atom. The summed E-state index contributed by atoms with van der Waals surface area (Å²) in [6.45, 7) is 0.322. The molecule has 5 heteroatoms. The summed E-state index contributed by atoms with van der Waals surface area (Å²) in [5.41, 5.74) is 5.75. The molecule has 0 fully saturated rings. The lowest BCUT2D eigenvalue weighted by molar-refractivity contribution is 0.324. The maximum Gasteiger partial charge on any atom is 0.210 e. The zero-order valence-corrected chi connectivity index (χ0v) is 8.71. The molecule has 0 aliphatic rings. The zero-order valence-electron chi connectivity index (χ0n) is 8.71. The first kappa shape index (κ1) is 11.6. The smallest absolute Gasteiger partial charge is 0.210 e. The fraction of sp³-hybridized carbons (Fsp3) is 0.400. The Hall–Kier alpha value is -1.49. The van der Waals surface area contributed by atoms with Gasteiger partial charge in [-0.3, -0.25) is 0 Å². The SMILES string of the molecule is COc1cc(CCN)c(O)c(F)c1OC. The first-order chi connectivity index (χ1) is 7.15. The number of hydrogen-bond acceptors (Lipinski definition) is 4. The summed E-state index contributed by atoms with van der Waals surface area (Å²) in [4.78, 5) is 0. The van der Waals surface area contributed by atoms with Crippen LogP contribution in [0.1, 0.15) is 5.56 Å². The first-order valence-corrected chi connectivity index (χ1v) is 4.48. The molecule has 0 aliphatic heterocycles. The highest BCUT2D eigenvalue weighted by molar-refractivity contribution is 5.51. The monoisotopic (exact) mass is 215 g/mol. The quantitative estimate of drug-likeness (QED) is 0.788. The van der Waals surface area contributed by atoms with Crippen LogP contribution in [-0.4, -0.2) is 25.9 Å². The Morgan fingerprint density at radius 1 is 1.40 bits per heavy atom. The number of halogens is 1. The largest absolute Gasteiger partial charge is 0.505 e. The van der Waals surface area contributed by atoms with E-state index in [1.807, 2.05) is 0 Å². The summed E-state index contributed by atoms with van der Waals surface area (Å²) in [7, 11) is 2.71. The van der Waals surface area contributed by atoms with Gasteiger partial charge in [-0.15, -0.1) is 0 Å². The van der Waals surface area contributed by atoms with E-state index in [4.69, 9.17) is 15.2 Å². The summed E-state index contributed by atoms with van der Waals surface area (Å²) in [5, 5.41) is 9.49. The van der Waals surface area contributed by atoms with E-state index in [2.05, 4.69) is 0 Å². The van der Waals surface area contributed by atoms with Gasteiger partial charge in [-0.05, 0) is 19.0 Å². The third-order valence-corrected chi connectivity index (χ3v) is 2.08. The van der Waals surface area contributed by atoms with E-state index in [-0.39, 0.29) is 11.5 Å². The summed E-state index contributed by atoms with van der Waals surface area (Å²) < 4.78 is 23.3. The molecule has 4 nitrogen and oxygen atoms in total. The summed E-state index contributed by atoms with van der Waals surface area (Å²) in [6.07, 6.45) is 0.378. The van der Waals surface area contributed by atoms with Gasteiger partial charge >= 0.3 is 0 Å². The lowest BCUT2D eigenvalue weighted by atomic mass is 10.1. The second kappa shape index (κ2) is 4.84.